The van der Waals surface area contributed by atoms with Crippen LogP contribution >= 0.6 is 0 Å². The van der Waals surface area contributed by atoms with Gasteiger partial charge in [0.15, 0.2) is 6.29 Å². The number of hydrogen-bond donors (Lipinski definition) is 3. The van der Waals surface area contributed by atoms with Crippen LogP contribution in [0.5, 0.6) is 0 Å². The van der Waals surface area contributed by atoms with E-state index in [0.29, 0.717) is 12.3 Å². The van der Waals surface area contributed by atoms with Crippen molar-refractivity contribution in [1.82, 2.24) is 0 Å². The van der Waals surface area contributed by atoms with E-state index in [2.05, 4.69) is 19.9 Å². The van der Waals surface area contributed by atoms with Crippen molar-refractivity contribution < 1.29 is 29.6 Å². The molecule has 38 heavy (non-hydrogen) atoms. The molecule has 226 valence electrons. The minimum atomic E-state index is -0.464. The Hall–Kier alpha value is -0.950. The number of carbonyl (C=O) groups is 1. The van der Waals surface area contributed by atoms with Gasteiger partial charge in [0, 0.05) is 13.0 Å². The highest BCUT2D eigenvalue weighted by Gasteiger charge is 2.20. The molecule has 4 atom stereocenters. The number of esters is 1. The van der Waals surface area contributed by atoms with E-state index in [9.17, 15) is 15.0 Å². The van der Waals surface area contributed by atoms with Crippen molar-refractivity contribution in [3.05, 3.63) is 12.2 Å². The topological polar surface area (TPSA) is 96.2 Å². The largest absolute Gasteiger partial charge is 0.463 e. The second-order valence-corrected chi connectivity index (χ2v) is 11.3. The van der Waals surface area contributed by atoms with Gasteiger partial charge in [-0.15, -0.1) is 0 Å². The fourth-order valence-corrected chi connectivity index (χ4v) is 4.60. The predicted molar refractivity (Wildman–Crippen MR) is 157 cm³/mol. The van der Waals surface area contributed by atoms with Crippen LogP contribution in [0.4, 0.5) is 0 Å². The van der Waals surface area contributed by atoms with Crippen molar-refractivity contribution in [2.75, 3.05) is 6.61 Å². The first-order valence-electron chi connectivity index (χ1n) is 15.8. The Labute approximate surface area is 234 Å². The summed E-state index contributed by atoms with van der Waals surface area (Å²) in [4.78, 5) is 11.1. The summed E-state index contributed by atoms with van der Waals surface area (Å²) in [6, 6.07) is 0. The Morgan fingerprint density at radius 2 is 1.53 bits per heavy atom. The van der Waals surface area contributed by atoms with Crippen LogP contribution in [0.2, 0.25) is 0 Å². The summed E-state index contributed by atoms with van der Waals surface area (Å²) in [7, 11) is 0. The van der Waals surface area contributed by atoms with Gasteiger partial charge >= 0.3 is 5.97 Å². The second kappa shape index (κ2) is 26.3. The molecule has 0 aromatic carbocycles. The maximum Gasteiger partial charge on any atom is 0.306 e. The number of allylic oxidation sites excluding steroid dienone is 1. The number of aliphatic hydroxyl groups is 3. The molecule has 0 aromatic heterocycles. The van der Waals surface area contributed by atoms with Crippen LogP contribution in [-0.2, 0) is 14.3 Å². The van der Waals surface area contributed by atoms with Gasteiger partial charge in [-0.3, -0.25) is 4.79 Å². The summed E-state index contributed by atoms with van der Waals surface area (Å²) in [5, 5.41) is 27.9. The molecule has 1 saturated heterocycles. The number of carbonyl (C=O) groups excluding carboxylic acids is 1. The average Bonchev–Trinajstić information content (AvgIpc) is 3.30. The van der Waals surface area contributed by atoms with E-state index in [0.717, 1.165) is 70.8 Å². The van der Waals surface area contributed by atoms with Crippen molar-refractivity contribution in [2.45, 2.75) is 174 Å². The summed E-state index contributed by atoms with van der Waals surface area (Å²) in [5.41, 5.74) is 0. The number of ether oxygens (including phenoxy) is 2. The smallest absolute Gasteiger partial charge is 0.306 e. The van der Waals surface area contributed by atoms with Crippen LogP contribution in [0.25, 0.3) is 0 Å². The van der Waals surface area contributed by atoms with E-state index in [1.807, 2.05) is 19.9 Å². The first-order chi connectivity index (χ1) is 18.3. The Morgan fingerprint density at radius 1 is 0.895 bits per heavy atom. The fraction of sp³-hybridized carbons (Fsp3) is 0.906. The highest BCUT2D eigenvalue weighted by molar-refractivity contribution is 5.69. The number of rotatable bonds is 16. The van der Waals surface area contributed by atoms with Crippen LogP contribution in [0.3, 0.4) is 0 Å². The molecule has 0 amide bonds. The maximum absolute atomic E-state index is 11.1. The molecule has 2 aliphatic rings. The molecular formula is C32H62O6. The lowest BCUT2D eigenvalue weighted by Gasteiger charge is -2.16. The fourth-order valence-electron chi connectivity index (χ4n) is 4.60. The van der Waals surface area contributed by atoms with Crippen molar-refractivity contribution in [2.24, 2.45) is 5.92 Å². The molecule has 2 rings (SSSR count). The van der Waals surface area contributed by atoms with Crippen molar-refractivity contribution >= 4 is 5.97 Å². The first-order valence-corrected chi connectivity index (χ1v) is 15.8. The van der Waals surface area contributed by atoms with Crippen molar-refractivity contribution in [1.29, 1.82) is 0 Å². The second-order valence-electron chi connectivity index (χ2n) is 11.3. The van der Waals surface area contributed by atoms with Gasteiger partial charge in [-0.1, -0.05) is 90.2 Å². The van der Waals surface area contributed by atoms with Crippen LogP contribution in [0.1, 0.15) is 150 Å². The normalized spacial score (nSPS) is 21.9. The van der Waals surface area contributed by atoms with Gasteiger partial charge in [0.2, 0.25) is 0 Å². The van der Waals surface area contributed by atoms with Crippen molar-refractivity contribution in [3.63, 3.8) is 0 Å². The Kier molecular flexibility index (Phi) is 25.6. The first kappa shape index (κ1) is 37.0. The van der Waals surface area contributed by atoms with E-state index >= 15 is 0 Å². The van der Waals surface area contributed by atoms with E-state index < -0.39 is 6.29 Å². The molecular weight excluding hydrogens is 480 g/mol. The Balaban J connectivity index is 0.000000583. The molecule has 0 radical (unpaired) electrons. The summed E-state index contributed by atoms with van der Waals surface area (Å²) >= 11 is 0. The molecule has 1 aliphatic heterocycles. The van der Waals surface area contributed by atoms with Gasteiger partial charge in [0.05, 0.1) is 18.3 Å². The van der Waals surface area contributed by atoms with Gasteiger partial charge in [0.25, 0.3) is 0 Å². The van der Waals surface area contributed by atoms with Crippen LogP contribution < -0.4 is 0 Å². The maximum atomic E-state index is 11.1. The van der Waals surface area contributed by atoms with Crippen LogP contribution in [0.15, 0.2) is 12.2 Å². The zero-order valence-corrected chi connectivity index (χ0v) is 25.2. The quantitative estimate of drug-likeness (QED) is 0.105. The molecule has 2 fully saturated rings. The van der Waals surface area contributed by atoms with E-state index in [-0.39, 0.29) is 24.3 Å². The minimum absolute atomic E-state index is 0.0302. The van der Waals surface area contributed by atoms with Gasteiger partial charge in [0.1, 0.15) is 0 Å². The summed E-state index contributed by atoms with van der Waals surface area (Å²) in [6.07, 6.45) is 24.1. The summed E-state index contributed by atoms with van der Waals surface area (Å²) < 4.78 is 9.87. The summed E-state index contributed by atoms with van der Waals surface area (Å²) in [6.45, 7) is 8.94. The standard InChI is InChI=1S/C15H28O2.C12H24O2.C5H10O2/c1-2-3-4-5-6-7-14(16)10-8-13-9-11-15(17)12-13;1-4-5-6-7-8-9-10-12(13)14-11(2)3;6-5-3-1-2-4-7-5/h8,10,13-17H,2-7,9,11-12H2,1H3;11H,4-10H2,1-3H3;5-6H,1-4H2/b10-8+;;. The lowest BCUT2D eigenvalue weighted by Crippen LogP contribution is -2.17. The third-order valence-electron chi connectivity index (χ3n) is 6.91. The number of unbranched alkanes of at least 4 members (excludes halogenated alkanes) is 9. The molecule has 1 aliphatic carbocycles. The van der Waals surface area contributed by atoms with Crippen LogP contribution in [0, 0.1) is 5.92 Å². The Morgan fingerprint density at radius 3 is 2.03 bits per heavy atom. The molecule has 1 saturated carbocycles. The Bertz CT molecular complexity index is 544. The van der Waals surface area contributed by atoms with Gasteiger partial charge in [-0.2, -0.15) is 0 Å². The van der Waals surface area contributed by atoms with Gasteiger partial charge in [-0.25, -0.2) is 0 Å². The molecule has 6 nitrogen and oxygen atoms in total. The third kappa shape index (κ3) is 25.3. The van der Waals surface area contributed by atoms with Crippen molar-refractivity contribution in [3.8, 4) is 0 Å². The lowest BCUT2D eigenvalue weighted by molar-refractivity contribution is -0.147. The van der Waals surface area contributed by atoms with E-state index in [1.165, 1.54) is 51.4 Å². The lowest BCUT2D eigenvalue weighted by atomic mass is 10.0. The van der Waals surface area contributed by atoms with Gasteiger partial charge in [-0.05, 0) is 71.1 Å². The molecule has 1 heterocycles. The summed E-state index contributed by atoms with van der Waals surface area (Å²) in [5.74, 6) is 0.440. The predicted octanol–water partition coefficient (Wildman–Crippen LogP) is 7.62. The number of aliphatic hydroxyl groups excluding tert-OH is 3. The SMILES string of the molecule is CCCCCCCC(O)/C=C/C1CCC(O)C1.CCCCCCCCC(=O)OC(C)C.OC1CCCCO1. The molecule has 0 bridgehead atoms. The zero-order chi connectivity index (χ0) is 28.4. The number of hydrogen-bond acceptors (Lipinski definition) is 6. The zero-order valence-electron chi connectivity index (χ0n) is 25.2. The average molecular weight is 543 g/mol. The van der Waals surface area contributed by atoms with Gasteiger partial charge < -0.3 is 24.8 Å². The van der Waals surface area contributed by atoms with Crippen LogP contribution in [-0.4, -0.2) is 52.5 Å². The highest BCUT2D eigenvalue weighted by Crippen LogP contribution is 2.26. The monoisotopic (exact) mass is 542 g/mol. The highest BCUT2D eigenvalue weighted by atomic mass is 16.6. The molecule has 0 aromatic rings. The molecule has 3 N–H and O–H groups in total. The minimum Gasteiger partial charge on any atom is -0.463 e. The van der Waals surface area contributed by atoms with E-state index in [4.69, 9.17) is 14.6 Å². The molecule has 4 unspecified atom stereocenters. The third-order valence-corrected chi connectivity index (χ3v) is 6.91. The van der Waals surface area contributed by atoms with E-state index in [1.54, 1.807) is 0 Å². The molecule has 6 heteroatoms. The molecule has 0 spiro atoms.